The molecular weight excluding hydrogens is 264 g/mol. The van der Waals surface area contributed by atoms with Crippen molar-refractivity contribution < 1.29 is 9.47 Å². The van der Waals surface area contributed by atoms with Gasteiger partial charge < -0.3 is 9.47 Å². The zero-order chi connectivity index (χ0) is 12.2. The minimum Gasteiger partial charge on any atom is -0.454 e. The molecule has 3 rings (SSSR count). The van der Waals surface area contributed by atoms with Crippen LogP contribution in [0.25, 0.3) is 0 Å². The second kappa shape index (κ2) is 5.59. The molecule has 0 aliphatic carbocycles. The van der Waals surface area contributed by atoms with Gasteiger partial charge in [0, 0.05) is 10.6 Å². The SMILES string of the molecule is c1ccc(CSSc2ccc3c(c2)OCO3)cc1. The third kappa shape index (κ3) is 2.76. The van der Waals surface area contributed by atoms with E-state index >= 15 is 0 Å². The van der Waals surface area contributed by atoms with Crippen LogP contribution in [0.1, 0.15) is 5.56 Å². The Balaban J connectivity index is 1.57. The molecule has 2 nitrogen and oxygen atoms in total. The molecule has 2 aromatic carbocycles. The summed E-state index contributed by atoms with van der Waals surface area (Å²) >= 11 is 0. The molecule has 1 aliphatic heterocycles. The molecule has 0 N–H and O–H groups in total. The van der Waals surface area contributed by atoms with Crippen LogP contribution in [0.5, 0.6) is 11.5 Å². The molecular formula is C14H12O2S2. The third-order valence-corrected chi connectivity index (χ3v) is 4.87. The van der Waals surface area contributed by atoms with Gasteiger partial charge in [-0.2, -0.15) is 0 Å². The van der Waals surface area contributed by atoms with Crippen LogP contribution in [0.2, 0.25) is 0 Å². The molecule has 1 aliphatic rings. The maximum absolute atomic E-state index is 5.36. The zero-order valence-corrected chi connectivity index (χ0v) is 11.3. The quantitative estimate of drug-likeness (QED) is 0.772. The number of benzene rings is 2. The number of hydrogen-bond donors (Lipinski definition) is 0. The van der Waals surface area contributed by atoms with Gasteiger partial charge in [-0.3, -0.25) is 0 Å². The van der Waals surface area contributed by atoms with Crippen LogP contribution in [0, 0.1) is 0 Å². The maximum atomic E-state index is 5.36. The monoisotopic (exact) mass is 276 g/mol. The van der Waals surface area contributed by atoms with Crippen molar-refractivity contribution in [3.8, 4) is 11.5 Å². The lowest BCUT2D eigenvalue weighted by Crippen LogP contribution is -1.92. The number of hydrogen-bond acceptors (Lipinski definition) is 4. The Morgan fingerprint density at radius 1 is 0.944 bits per heavy atom. The van der Waals surface area contributed by atoms with E-state index in [1.165, 1.54) is 10.5 Å². The van der Waals surface area contributed by atoms with Crippen LogP contribution in [-0.4, -0.2) is 6.79 Å². The van der Waals surface area contributed by atoms with Gasteiger partial charge in [0.1, 0.15) is 0 Å². The number of ether oxygens (including phenoxy) is 2. The first-order valence-corrected chi connectivity index (χ1v) is 7.97. The summed E-state index contributed by atoms with van der Waals surface area (Å²) in [5.74, 6) is 2.69. The van der Waals surface area contributed by atoms with Crippen molar-refractivity contribution >= 4 is 21.6 Å². The molecule has 0 radical (unpaired) electrons. The van der Waals surface area contributed by atoms with Crippen molar-refractivity contribution in [1.82, 2.24) is 0 Å². The average molecular weight is 276 g/mol. The van der Waals surface area contributed by atoms with E-state index in [4.69, 9.17) is 9.47 Å². The van der Waals surface area contributed by atoms with Crippen molar-refractivity contribution in [3.63, 3.8) is 0 Å². The lowest BCUT2D eigenvalue weighted by Gasteiger charge is -2.02. The van der Waals surface area contributed by atoms with Crippen molar-refractivity contribution in [2.24, 2.45) is 0 Å². The molecule has 0 aromatic heterocycles. The summed E-state index contributed by atoms with van der Waals surface area (Å²) in [6.07, 6.45) is 0. The summed E-state index contributed by atoms with van der Waals surface area (Å²) in [6.45, 7) is 0.334. The largest absolute Gasteiger partial charge is 0.454 e. The molecule has 92 valence electrons. The van der Waals surface area contributed by atoms with E-state index in [2.05, 4.69) is 30.3 Å². The highest BCUT2D eigenvalue weighted by Crippen LogP contribution is 2.40. The molecule has 18 heavy (non-hydrogen) atoms. The normalized spacial score (nSPS) is 12.7. The van der Waals surface area contributed by atoms with Gasteiger partial charge in [0.15, 0.2) is 11.5 Å². The Morgan fingerprint density at radius 2 is 1.78 bits per heavy atom. The summed E-state index contributed by atoms with van der Waals surface area (Å²) in [4.78, 5) is 1.19. The first-order valence-electron chi connectivity index (χ1n) is 5.65. The molecule has 4 heteroatoms. The van der Waals surface area contributed by atoms with Gasteiger partial charge in [-0.25, -0.2) is 0 Å². The highest BCUT2D eigenvalue weighted by molar-refractivity contribution is 8.76. The fraction of sp³-hybridized carbons (Fsp3) is 0.143. The van der Waals surface area contributed by atoms with E-state index in [9.17, 15) is 0 Å². The van der Waals surface area contributed by atoms with Crippen molar-refractivity contribution in [2.75, 3.05) is 6.79 Å². The Morgan fingerprint density at radius 3 is 2.67 bits per heavy atom. The molecule has 0 fully saturated rings. The van der Waals surface area contributed by atoms with Gasteiger partial charge >= 0.3 is 0 Å². The summed E-state index contributed by atoms with van der Waals surface area (Å²) in [5.41, 5.74) is 1.34. The zero-order valence-electron chi connectivity index (χ0n) is 9.67. The van der Waals surface area contributed by atoms with Gasteiger partial charge in [-0.15, -0.1) is 0 Å². The lowest BCUT2D eigenvalue weighted by atomic mass is 10.2. The first kappa shape index (κ1) is 11.8. The predicted octanol–water partition coefficient (Wildman–Crippen LogP) is 4.36. The molecule has 0 saturated heterocycles. The third-order valence-electron chi connectivity index (χ3n) is 2.57. The fourth-order valence-electron chi connectivity index (χ4n) is 1.67. The van der Waals surface area contributed by atoms with Crippen LogP contribution in [-0.2, 0) is 5.75 Å². The predicted molar refractivity (Wildman–Crippen MR) is 76.2 cm³/mol. The molecule has 2 aromatic rings. The molecule has 0 atom stereocenters. The van der Waals surface area contributed by atoms with Crippen LogP contribution in [0.15, 0.2) is 53.4 Å². The maximum Gasteiger partial charge on any atom is 0.231 e. The van der Waals surface area contributed by atoms with Crippen molar-refractivity contribution in [1.29, 1.82) is 0 Å². The van der Waals surface area contributed by atoms with Crippen LogP contribution < -0.4 is 9.47 Å². The van der Waals surface area contributed by atoms with E-state index in [0.717, 1.165) is 17.3 Å². The Labute approximate surface area is 114 Å². The van der Waals surface area contributed by atoms with Gasteiger partial charge in [-0.05, 0) is 23.8 Å². The average Bonchev–Trinajstić information content (AvgIpc) is 2.87. The van der Waals surface area contributed by atoms with E-state index in [0.29, 0.717) is 6.79 Å². The molecule has 0 bridgehead atoms. The summed E-state index contributed by atoms with van der Waals surface area (Å²) in [6, 6.07) is 16.5. The first-order chi connectivity index (χ1) is 8.92. The molecule has 0 spiro atoms. The second-order valence-corrected chi connectivity index (χ2v) is 6.22. The molecule has 0 saturated carbocycles. The van der Waals surface area contributed by atoms with Crippen LogP contribution >= 0.6 is 21.6 Å². The van der Waals surface area contributed by atoms with Crippen molar-refractivity contribution in [3.05, 3.63) is 54.1 Å². The number of rotatable bonds is 4. The minimum absolute atomic E-state index is 0.334. The topological polar surface area (TPSA) is 18.5 Å². The molecule has 0 unspecified atom stereocenters. The standard InChI is InChI=1S/C14H12O2S2/c1-2-4-11(5-3-1)9-17-18-12-6-7-13-14(8-12)16-10-15-13/h1-8H,9-10H2. The highest BCUT2D eigenvalue weighted by Gasteiger charge is 2.13. The van der Waals surface area contributed by atoms with Gasteiger partial charge in [-0.1, -0.05) is 51.9 Å². The van der Waals surface area contributed by atoms with Gasteiger partial charge in [0.25, 0.3) is 0 Å². The summed E-state index contributed by atoms with van der Waals surface area (Å²) in [5, 5.41) is 0. The second-order valence-electron chi connectivity index (χ2n) is 3.85. The van der Waals surface area contributed by atoms with Gasteiger partial charge in [0.05, 0.1) is 0 Å². The van der Waals surface area contributed by atoms with E-state index in [1.807, 2.05) is 29.0 Å². The lowest BCUT2D eigenvalue weighted by molar-refractivity contribution is 0.174. The molecule has 0 amide bonds. The van der Waals surface area contributed by atoms with Crippen molar-refractivity contribution in [2.45, 2.75) is 10.6 Å². The van der Waals surface area contributed by atoms with Gasteiger partial charge in [0.2, 0.25) is 6.79 Å². The Kier molecular flexibility index (Phi) is 3.67. The van der Waals surface area contributed by atoms with E-state index in [1.54, 1.807) is 10.8 Å². The van der Waals surface area contributed by atoms with Crippen LogP contribution in [0.3, 0.4) is 0 Å². The van der Waals surface area contributed by atoms with Crippen LogP contribution in [0.4, 0.5) is 0 Å². The van der Waals surface area contributed by atoms with E-state index < -0.39 is 0 Å². The fourth-order valence-corrected chi connectivity index (χ4v) is 3.78. The molecule has 1 heterocycles. The number of fused-ring (bicyclic) bond motifs is 1. The van der Waals surface area contributed by atoms with E-state index in [-0.39, 0.29) is 0 Å². The highest BCUT2D eigenvalue weighted by atomic mass is 33.1. The summed E-state index contributed by atoms with van der Waals surface area (Å²) < 4.78 is 10.6. The Bertz CT molecular complexity index is 529. The smallest absolute Gasteiger partial charge is 0.231 e. The Hall–Kier alpha value is -1.26. The minimum atomic E-state index is 0.334. The summed E-state index contributed by atoms with van der Waals surface area (Å²) in [7, 11) is 3.59.